The molecule has 0 heterocycles. The molecule has 1 aromatic rings. The van der Waals surface area contributed by atoms with Gasteiger partial charge in [-0.1, -0.05) is 19.4 Å². The van der Waals surface area contributed by atoms with E-state index in [1.54, 1.807) is 18.2 Å². The minimum Gasteiger partial charge on any atom is -0.360 e. The van der Waals surface area contributed by atoms with Crippen molar-refractivity contribution in [1.29, 1.82) is 5.26 Å². The number of benzene rings is 1. The van der Waals surface area contributed by atoms with Crippen LogP contribution in [0.2, 0.25) is 0 Å². The van der Waals surface area contributed by atoms with E-state index in [0.717, 1.165) is 12.8 Å². The van der Waals surface area contributed by atoms with Crippen LogP contribution in [-0.4, -0.2) is 12.5 Å². The fourth-order valence-electron chi connectivity index (χ4n) is 1.36. The van der Waals surface area contributed by atoms with Crippen molar-refractivity contribution in [2.45, 2.75) is 19.8 Å². The zero-order chi connectivity index (χ0) is 14.1. The second-order valence-electron chi connectivity index (χ2n) is 3.93. The molecule has 0 aliphatic rings. The predicted molar refractivity (Wildman–Crippen MR) is 71.6 cm³/mol. The molecule has 0 radical (unpaired) electrons. The Bertz CT molecular complexity index is 506. The summed E-state index contributed by atoms with van der Waals surface area (Å²) >= 11 is 0. The van der Waals surface area contributed by atoms with E-state index in [1.165, 1.54) is 18.3 Å². The van der Waals surface area contributed by atoms with Crippen molar-refractivity contribution in [3.63, 3.8) is 0 Å². The molecule has 0 bridgehead atoms. The number of nitrogens with zero attached hydrogens (tertiary/aromatic N) is 1. The highest BCUT2D eigenvalue weighted by molar-refractivity contribution is 5.97. The first-order valence-corrected chi connectivity index (χ1v) is 6.08. The molecule has 1 aromatic carbocycles. The van der Waals surface area contributed by atoms with Crippen molar-refractivity contribution in [1.82, 2.24) is 5.32 Å². The minimum absolute atomic E-state index is 0.0413. The van der Waals surface area contributed by atoms with Gasteiger partial charge in [-0.3, -0.25) is 4.79 Å². The topological polar surface area (TPSA) is 64.9 Å². The predicted octanol–water partition coefficient (Wildman–Crippen LogP) is 2.56. The number of nitrogens with one attached hydrogen (secondary N) is 2. The molecule has 0 spiro atoms. The molecule has 19 heavy (non-hydrogen) atoms. The maximum Gasteiger partial charge on any atom is 0.263 e. The van der Waals surface area contributed by atoms with Gasteiger partial charge >= 0.3 is 0 Å². The lowest BCUT2D eigenvalue weighted by Gasteiger charge is -2.04. The zero-order valence-electron chi connectivity index (χ0n) is 10.7. The SMILES string of the molecule is CCCCNC(=O)/C(C#N)=C\Nc1cccc(F)c1. The van der Waals surface area contributed by atoms with E-state index >= 15 is 0 Å². The lowest BCUT2D eigenvalue weighted by atomic mass is 10.2. The van der Waals surface area contributed by atoms with Gasteiger partial charge in [-0.15, -0.1) is 0 Å². The summed E-state index contributed by atoms with van der Waals surface area (Å²) in [5.41, 5.74) is 0.439. The maximum atomic E-state index is 12.9. The van der Waals surface area contributed by atoms with E-state index in [4.69, 9.17) is 5.26 Å². The quantitative estimate of drug-likeness (QED) is 0.470. The van der Waals surface area contributed by atoms with Gasteiger partial charge in [0.05, 0.1) is 0 Å². The first kappa shape index (κ1) is 14.7. The van der Waals surface area contributed by atoms with Gasteiger partial charge < -0.3 is 10.6 Å². The first-order chi connectivity index (χ1) is 9.17. The average Bonchev–Trinajstić information content (AvgIpc) is 2.40. The zero-order valence-corrected chi connectivity index (χ0v) is 10.7. The second kappa shape index (κ2) is 7.88. The van der Waals surface area contributed by atoms with Crippen LogP contribution in [0.25, 0.3) is 0 Å². The number of nitriles is 1. The summed E-state index contributed by atoms with van der Waals surface area (Å²) in [7, 11) is 0. The third kappa shape index (κ3) is 5.21. The van der Waals surface area contributed by atoms with Crippen molar-refractivity contribution < 1.29 is 9.18 Å². The van der Waals surface area contributed by atoms with Crippen LogP contribution in [0.3, 0.4) is 0 Å². The van der Waals surface area contributed by atoms with Crippen LogP contribution in [0.1, 0.15) is 19.8 Å². The van der Waals surface area contributed by atoms with Crippen molar-refractivity contribution in [2.24, 2.45) is 0 Å². The molecular formula is C14H16FN3O. The third-order valence-corrected chi connectivity index (χ3v) is 2.39. The normalized spacial score (nSPS) is 10.7. The molecule has 0 aliphatic heterocycles. The van der Waals surface area contributed by atoms with E-state index in [1.807, 2.05) is 6.92 Å². The summed E-state index contributed by atoms with van der Waals surface area (Å²) < 4.78 is 12.9. The number of amides is 1. The smallest absolute Gasteiger partial charge is 0.263 e. The summed E-state index contributed by atoms with van der Waals surface area (Å²) in [6.07, 6.45) is 3.10. The second-order valence-corrected chi connectivity index (χ2v) is 3.93. The standard InChI is InChI=1S/C14H16FN3O/c1-2-3-7-17-14(19)11(9-16)10-18-13-6-4-5-12(15)8-13/h4-6,8,10,18H,2-3,7H2,1H3,(H,17,19)/b11-10-. The summed E-state index contributed by atoms with van der Waals surface area (Å²) in [6.45, 7) is 2.55. The van der Waals surface area contributed by atoms with E-state index in [2.05, 4.69) is 10.6 Å². The van der Waals surface area contributed by atoms with Crippen molar-refractivity contribution in [3.05, 3.63) is 41.9 Å². The van der Waals surface area contributed by atoms with Gasteiger partial charge in [0.25, 0.3) is 5.91 Å². The number of hydrogen-bond donors (Lipinski definition) is 2. The summed E-state index contributed by atoms with van der Waals surface area (Å²) in [6, 6.07) is 7.58. The van der Waals surface area contributed by atoms with Crippen LogP contribution >= 0.6 is 0 Å². The van der Waals surface area contributed by atoms with Gasteiger partial charge in [0.2, 0.25) is 0 Å². The molecule has 1 rings (SSSR count). The Hall–Kier alpha value is -2.35. The van der Waals surface area contributed by atoms with Crippen LogP contribution in [0, 0.1) is 17.1 Å². The Morgan fingerprint density at radius 2 is 2.32 bits per heavy atom. The summed E-state index contributed by atoms with van der Waals surface area (Å²) in [5, 5.41) is 14.3. The van der Waals surface area contributed by atoms with E-state index in [0.29, 0.717) is 12.2 Å². The molecule has 0 unspecified atom stereocenters. The summed E-state index contributed by atoms with van der Waals surface area (Å²) in [4.78, 5) is 11.6. The molecule has 2 N–H and O–H groups in total. The molecule has 0 aromatic heterocycles. The van der Waals surface area contributed by atoms with Gasteiger partial charge in [0.15, 0.2) is 0 Å². The van der Waals surface area contributed by atoms with Gasteiger partial charge in [0.1, 0.15) is 17.5 Å². The molecule has 0 aliphatic carbocycles. The number of carbonyl (C=O) groups excluding carboxylic acids is 1. The molecule has 0 saturated heterocycles. The highest BCUT2D eigenvalue weighted by Crippen LogP contribution is 2.09. The Kier molecular flexibility index (Phi) is 6.10. The molecule has 0 fully saturated rings. The summed E-state index contributed by atoms with van der Waals surface area (Å²) in [5.74, 6) is -0.816. The lowest BCUT2D eigenvalue weighted by Crippen LogP contribution is -2.25. The molecule has 0 saturated carbocycles. The van der Waals surface area contributed by atoms with Crippen molar-refractivity contribution in [2.75, 3.05) is 11.9 Å². The molecule has 0 atom stereocenters. The van der Waals surface area contributed by atoms with Gasteiger partial charge in [0, 0.05) is 18.4 Å². The van der Waals surface area contributed by atoms with Crippen LogP contribution in [0.15, 0.2) is 36.0 Å². The maximum absolute atomic E-state index is 12.9. The molecular weight excluding hydrogens is 245 g/mol. The lowest BCUT2D eigenvalue weighted by molar-refractivity contribution is -0.117. The molecule has 1 amide bonds. The van der Waals surface area contributed by atoms with Crippen LogP contribution < -0.4 is 10.6 Å². The monoisotopic (exact) mass is 261 g/mol. The molecule has 4 nitrogen and oxygen atoms in total. The van der Waals surface area contributed by atoms with Crippen LogP contribution in [-0.2, 0) is 4.79 Å². The highest BCUT2D eigenvalue weighted by atomic mass is 19.1. The Morgan fingerprint density at radius 1 is 1.53 bits per heavy atom. The van der Waals surface area contributed by atoms with E-state index in [9.17, 15) is 9.18 Å². The number of carbonyl (C=O) groups is 1. The number of unbranched alkanes of at least 4 members (excludes halogenated alkanes) is 1. The van der Waals surface area contributed by atoms with Gasteiger partial charge in [-0.2, -0.15) is 5.26 Å². The number of hydrogen-bond acceptors (Lipinski definition) is 3. The number of halogens is 1. The highest BCUT2D eigenvalue weighted by Gasteiger charge is 2.07. The fourth-order valence-corrected chi connectivity index (χ4v) is 1.36. The Labute approximate surface area is 111 Å². The first-order valence-electron chi connectivity index (χ1n) is 6.08. The van der Waals surface area contributed by atoms with E-state index < -0.39 is 5.91 Å². The largest absolute Gasteiger partial charge is 0.360 e. The Morgan fingerprint density at radius 3 is 2.95 bits per heavy atom. The number of rotatable bonds is 6. The van der Waals surface area contributed by atoms with Crippen LogP contribution in [0.5, 0.6) is 0 Å². The molecule has 100 valence electrons. The fraction of sp³-hybridized carbons (Fsp3) is 0.286. The third-order valence-electron chi connectivity index (χ3n) is 2.39. The minimum atomic E-state index is -0.431. The number of anilines is 1. The van der Waals surface area contributed by atoms with E-state index in [-0.39, 0.29) is 11.4 Å². The Balaban J connectivity index is 2.62. The van der Waals surface area contributed by atoms with Crippen LogP contribution in [0.4, 0.5) is 10.1 Å². The molecule has 5 heteroatoms. The van der Waals surface area contributed by atoms with Gasteiger partial charge in [-0.25, -0.2) is 4.39 Å². The van der Waals surface area contributed by atoms with Crippen molar-refractivity contribution in [3.8, 4) is 6.07 Å². The van der Waals surface area contributed by atoms with Crippen molar-refractivity contribution >= 4 is 11.6 Å². The van der Waals surface area contributed by atoms with Gasteiger partial charge in [-0.05, 0) is 24.6 Å². The average molecular weight is 261 g/mol.